The first-order valence-electron chi connectivity index (χ1n) is 8.93. The third kappa shape index (κ3) is 3.72. The third-order valence-corrected chi connectivity index (χ3v) is 4.53. The molecule has 132 valence electrons. The maximum Gasteiger partial charge on any atom is 0.131 e. The molecule has 2 aromatic carbocycles. The van der Waals surface area contributed by atoms with E-state index in [1.807, 2.05) is 67.7 Å². The van der Waals surface area contributed by atoms with Crippen LogP contribution in [-0.4, -0.2) is 9.97 Å². The van der Waals surface area contributed by atoms with Crippen LogP contribution >= 0.6 is 0 Å². The Morgan fingerprint density at radius 1 is 0.667 bits per heavy atom. The summed E-state index contributed by atoms with van der Waals surface area (Å²) < 4.78 is 6.23. The van der Waals surface area contributed by atoms with E-state index in [1.54, 1.807) is 6.20 Å². The number of rotatable bonds is 4. The second-order valence-corrected chi connectivity index (χ2v) is 6.49. The van der Waals surface area contributed by atoms with Crippen LogP contribution in [0.25, 0.3) is 22.5 Å². The summed E-state index contributed by atoms with van der Waals surface area (Å²) in [5.74, 6) is 1.62. The van der Waals surface area contributed by atoms with Crippen molar-refractivity contribution in [3.8, 4) is 34.0 Å². The molecule has 27 heavy (non-hydrogen) atoms. The molecule has 2 aromatic heterocycles. The Balaban J connectivity index is 1.69. The standard InChI is InChI=1S/C24H20N2O/c1-17-10-12-20(16-21(17)23-8-4-6-14-26-23)27-24-15-19(11-9-18(24)2)22-7-3-5-13-25-22/h3-16H,1-2H3. The highest BCUT2D eigenvalue weighted by molar-refractivity contribution is 5.66. The Morgan fingerprint density at radius 2 is 1.37 bits per heavy atom. The molecule has 0 radical (unpaired) electrons. The molecule has 4 rings (SSSR count). The number of nitrogens with zero attached hydrogens (tertiary/aromatic N) is 2. The molecule has 0 atom stereocenters. The van der Waals surface area contributed by atoms with Gasteiger partial charge in [-0.05, 0) is 67.4 Å². The average Bonchev–Trinajstić information content (AvgIpc) is 2.72. The van der Waals surface area contributed by atoms with Gasteiger partial charge in [-0.1, -0.05) is 30.3 Å². The van der Waals surface area contributed by atoms with Crippen LogP contribution in [0.1, 0.15) is 11.1 Å². The molecule has 0 spiro atoms. The van der Waals surface area contributed by atoms with Gasteiger partial charge in [0.1, 0.15) is 11.5 Å². The molecule has 0 saturated heterocycles. The highest BCUT2D eigenvalue weighted by Crippen LogP contribution is 2.32. The summed E-state index contributed by atoms with van der Waals surface area (Å²) in [6.07, 6.45) is 3.61. The smallest absolute Gasteiger partial charge is 0.131 e. The maximum absolute atomic E-state index is 6.23. The summed E-state index contributed by atoms with van der Waals surface area (Å²) in [6, 6.07) is 24.1. The lowest BCUT2D eigenvalue weighted by molar-refractivity contribution is 0.479. The van der Waals surface area contributed by atoms with Crippen LogP contribution in [0.5, 0.6) is 11.5 Å². The van der Waals surface area contributed by atoms with Crippen LogP contribution in [0.15, 0.2) is 85.2 Å². The van der Waals surface area contributed by atoms with Gasteiger partial charge in [0.15, 0.2) is 0 Å². The van der Waals surface area contributed by atoms with E-state index in [-0.39, 0.29) is 0 Å². The molecule has 0 unspecified atom stereocenters. The number of hydrogen-bond donors (Lipinski definition) is 0. The van der Waals surface area contributed by atoms with E-state index in [4.69, 9.17) is 4.74 Å². The molecule has 0 aliphatic carbocycles. The zero-order valence-electron chi connectivity index (χ0n) is 15.4. The average molecular weight is 352 g/mol. The summed E-state index contributed by atoms with van der Waals surface area (Å²) in [4.78, 5) is 8.89. The Morgan fingerprint density at radius 3 is 2.07 bits per heavy atom. The first-order chi connectivity index (χ1) is 13.2. The molecule has 0 amide bonds. The van der Waals surface area contributed by atoms with Gasteiger partial charge in [0.05, 0.1) is 11.4 Å². The molecule has 4 aromatic rings. The lowest BCUT2D eigenvalue weighted by Crippen LogP contribution is -1.92. The van der Waals surface area contributed by atoms with Gasteiger partial charge in [0.2, 0.25) is 0 Å². The molecule has 3 nitrogen and oxygen atoms in total. The molecular formula is C24H20N2O. The van der Waals surface area contributed by atoms with Crippen molar-refractivity contribution in [1.82, 2.24) is 9.97 Å². The molecule has 3 heteroatoms. The summed E-state index contributed by atoms with van der Waals surface area (Å²) in [5, 5.41) is 0. The Bertz CT molecular complexity index is 1060. The van der Waals surface area contributed by atoms with Crippen molar-refractivity contribution in [3.63, 3.8) is 0 Å². The van der Waals surface area contributed by atoms with Crippen LogP contribution in [0.2, 0.25) is 0 Å². The van der Waals surface area contributed by atoms with Crippen molar-refractivity contribution in [2.24, 2.45) is 0 Å². The van der Waals surface area contributed by atoms with Crippen molar-refractivity contribution < 1.29 is 4.74 Å². The van der Waals surface area contributed by atoms with Crippen molar-refractivity contribution in [2.45, 2.75) is 13.8 Å². The minimum Gasteiger partial charge on any atom is -0.457 e. The first-order valence-corrected chi connectivity index (χ1v) is 8.93. The molecule has 0 aliphatic rings. The third-order valence-electron chi connectivity index (χ3n) is 4.53. The van der Waals surface area contributed by atoms with Gasteiger partial charge in [-0.15, -0.1) is 0 Å². The maximum atomic E-state index is 6.23. The second kappa shape index (κ2) is 7.42. The van der Waals surface area contributed by atoms with Gasteiger partial charge in [0, 0.05) is 23.5 Å². The molecule has 0 aliphatic heterocycles. The first kappa shape index (κ1) is 17.0. The van der Waals surface area contributed by atoms with Gasteiger partial charge in [-0.2, -0.15) is 0 Å². The van der Waals surface area contributed by atoms with Gasteiger partial charge in [-0.25, -0.2) is 0 Å². The van der Waals surface area contributed by atoms with Crippen LogP contribution in [0.3, 0.4) is 0 Å². The Kier molecular flexibility index (Phi) is 4.67. The predicted molar refractivity (Wildman–Crippen MR) is 109 cm³/mol. The van der Waals surface area contributed by atoms with Crippen LogP contribution in [0, 0.1) is 13.8 Å². The fraction of sp³-hybridized carbons (Fsp3) is 0.0833. The van der Waals surface area contributed by atoms with Crippen molar-refractivity contribution in [3.05, 3.63) is 96.3 Å². The van der Waals surface area contributed by atoms with Crippen LogP contribution < -0.4 is 4.74 Å². The number of pyridine rings is 2. The van der Waals surface area contributed by atoms with Crippen LogP contribution in [0.4, 0.5) is 0 Å². The lowest BCUT2D eigenvalue weighted by atomic mass is 10.0. The highest BCUT2D eigenvalue weighted by Gasteiger charge is 2.09. The summed E-state index contributed by atoms with van der Waals surface area (Å²) in [5.41, 5.74) is 6.23. The van der Waals surface area contributed by atoms with E-state index in [0.717, 1.165) is 39.6 Å². The summed E-state index contributed by atoms with van der Waals surface area (Å²) in [6.45, 7) is 4.13. The topological polar surface area (TPSA) is 35.0 Å². The van der Waals surface area contributed by atoms with E-state index in [2.05, 4.69) is 35.1 Å². The second-order valence-electron chi connectivity index (χ2n) is 6.49. The number of aromatic nitrogens is 2. The molecule has 0 saturated carbocycles. The fourth-order valence-corrected chi connectivity index (χ4v) is 2.99. The normalized spacial score (nSPS) is 10.6. The Hall–Kier alpha value is -3.46. The van der Waals surface area contributed by atoms with Crippen molar-refractivity contribution in [2.75, 3.05) is 0 Å². The lowest BCUT2D eigenvalue weighted by Gasteiger charge is -2.13. The highest BCUT2D eigenvalue weighted by atomic mass is 16.5. The van der Waals surface area contributed by atoms with Crippen LogP contribution in [-0.2, 0) is 0 Å². The number of hydrogen-bond acceptors (Lipinski definition) is 3. The monoisotopic (exact) mass is 352 g/mol. The summed E-state index contributed by atoms with van der Waals surface area (Å²) >= 11 is 0. The largest absolute Gasteiger partial charge is 0.457 e. The van der Waals surface area contributed by atoms with Crippen molar-refractivity contribution >= 4 is 0 Å². The van der Waals surface area contributed by atoms with E-state index in [1.165, 1.54) is 5.56 Å². The van der Waals surface area contributed by atoms with Gasteiger partial charge >= 0.3 is 0 Å². The minimum atomic E-state index is 0.794. The van der Waals surface area contributed by atoms with E-state index in [0.29, 0.717) is 0 Å². The van der Waals surface area contributed by atoms with E-state index >= 15 is 0 Å². The van der Waals surface area contributed by atoms with E-state index in [9.17, 15) is 0 Å². The zero-order valence-corrected chi connectivity index (χ0v) is 15.4. The fourth-order valence-electron chi connectivity index (χ4n) is 2.99. The number of benzene rings is 2. The molecule has 0 N–H and O–H groups in total. The summed E-state index contributed by atoms with van der Waals surface area (Å²) in [7, 11) is 0. The SMILES string of the molecule is Cc1ccc(-c2ccccn2)cc1Oc1ccc(C)c(-c2ccccn2)c1. The Labute approximate surface area is 159 Å². The van der Waals surface area contributed by atoms with Gasteiger partial charge in [-0.3, -0.25) is 9.97 Å². The minimum absolute atomic E-state index is 0.794. The van der Waals surface area contributed by atoms with Gasteiger partial charge in [0.25, 0.3) is 0 Å². The predicted octanol–water partition coefficient (Wildman–Crippen LogP) is 6.22. The quantitative estimate of drug-likeness (QED) is 0.437. The van der Waals surface area contributed by atoms with Gasteiger partial charge < -0.3 is 4.74 Å². The molecular weight excluding hydrogens is 332 g/mol. The van der Waals surface area contributed by atoms with Crippen molar-refractivity contribution in [1.29, 1.82) is 0 Å². The zero-order chi connectivity index (χ0) is 18.6. The molecule has 0 fully saturated rings. The molecule has 0 bridgehead atoms. The number of aryl methyl sites for hydroxylation is 2. The number of ether oxygens (including phenoxy) is 1. The molecule has 2 heterocycles. The van der Waals surface area contributed by atoms with E-state index < -0.39 is 0 Å².